The molecule has 1 aromatic heterocycles. The fourth-order valence-electron chi connectivity index (χ4n) is 3.83. The lowest BCUT2D eigenvalue weighted by molar-refractivity contribution is -0.929. The first-order valence-corrected chi connectivity index (χ1v) is 10.5. The topological polar surface area (TPSA) is 63.5 Å². The number of nitrogens with one attached hydrogen (secondary N) is 2. The molecule has 6 heteroatoms. The maximum absolute atomic E-state index is 12.6. The van der Waals surface area contributed by atoms with Gasteiger partial charge in [0.15, 0.2) is 17.3 Å². The second kappa shape index (κ2) is 8.20. The van der Waals surface area contributed by atoms with Crippen LogP contribution in [0.1, 0.15) is 47.6 Å². The number of likely N-dealkylation sites (tertiary alicyclic amines) is 1. The Balaban J connectivity index is 1.45. The van der Waals surface area contributed by atoms with Gasteiger partial charge >= 0.3 is 0 Å². The molecule has 0 aliphatic carbocycles. The number of anilines is 1. The van der Waals surface area contributed by atoms with Crippen LogP contribution in [-0.2, 0) is 4.79 Å². The standard InChI is InChI=1S/C22H23N3O2S/c1-15(26)16-9-11-17(12-10-16)23-21(27)14-25-13-5-4-7-19(25)22-24-18-6-2-3-8-20(18)28-22/h2-3,6,8-12,19H,4-5,7,13-14H2,1H3,(H,23,27)/p+1/t19-/m1/s1. The van der Waals surface area contributed by atoms with Gasteiger partial charge in [0.05, 0.1) is 16.8 Å². The number of carbonyl (C=O) groups is 2. The Labute approximate surface area is 168 Å². The van der Waals surface area contributed by atoms with Gasteiger partial charge < -0.3 is 10.2 Å². The molecule has 3 aromatic rings. The van der Waals surface area contributed by atoms with E-state index in [4.69, 9.17) is 4.98 Å². The number of aromatic nitrogens is 1. The molecule has 0 radical (unpaired) electrons. The van der Waals surface area contributed by atoms with Crippen LogP contribution in [0.2, 0.25) is 0 Å². The van der Waals surface area contributed by atoms with Gasteiger partial charge in [0, 0.05) is 17.7 Å². The minimum absolute atomic E-state index is 0.00131. The number of Topliss-reactive ketones (excluding diaryl/α,β-unsaturated/α-hetero) is 1. The van der Waals surface area contributed by atoms with Gasteiger partial charge in [-0.25, -0.2) is 4.98 Å². The summed E-state index contributed by atoms with van der Waals surface area (Å²) < 4.78 is 1.21. The Morgan fingerprint density at radius 1 is 1.14 bits per heavy atom. The SMILES string of the molecule is CC(=O)c1ccc(NC(=O)C[NH+]2CCCC[C@@H]2c2nc3ccccc3s2)cc1. The van der Waals surface area contributed by atoms with Gasteiger partial charge in [-0.05, 0) is 56.2 Å². The van der Waals surface area contributed by atoms with Crippen LogP contribution in [-0.4, -0.2) is 29.8 Å². The van der Waals surface area contributed by atoms with Gasteiger partial charge in [-0.1, -0.05) is 12.1 Å². The van der Waals surface area contributed by atoms with Crippen molar-refractivity contribution < 1.29 is 14.5 Å². The molecule has 0 spiro atoms. The smallest absolute Gasteiger partial charge is 0.279 e. The molecule has 28 heavy (non-hydrogen) atoms. The number of ketones is 1. The molecule has 4 rings (SSSR count). The number of hydrogen-bond donors (Lipinski definition) is 2. The van der Waals surface area contributed by atoms with E-state index in [2.05, 4.69) is 17.4 Å². The van der Waals surface area contributed by atoms with E-state index in [0.29, 0.717) is 12.1 Å². The van der Waals surface area contributed by atoms with Crippen molar-refractivity contribution in [3.8, 4) is 0 Å². The van der Waals surface area contributed by atoms with Crippen molar-refractivity contribution in [2.45, 2.75) is 32.2 Å². The first-order chi connectivity index (χ1) is 13.6. The lowest BCUT2D eigenvalue weighted by atomic mass is 10.0. The number of rotatable bonds is 5. The fraction of sp³-hybridized carbons (Fsp3) is 0.318. The van der Waals surface area contributed by atoms with Crippen molar-refractivity contribution in [3.05, 3.63) is 59.1 Å². The lowest BCUT2D eigenvalue weighted by Crippen LogP contribution is -3.14. The van der Waals surface area contributed by atoms with Gasteiger partial charge in [-0.15, -0.1) is 11.3 Å². The predicted octanol–water partition coefficient (Wildman–Crippen LogP) is 3.25. The van der Waals surface area contributed by atoms with Gasteiger partial charge in [0.1, 0.15) is 6.04 Å². The van der Waals surface area contributed by atoms with Gasteiger partial charge in [-0.3, -0.25) is 9.59 Å². The summed E-state index contributed by atoms with van der Waals surface area (Å²) in [7, 11) is 0. The van der Waals surface area contributed by atoms with E-state index in [-0.39, 0.29) is 17.7 Å². The number of quaternary nitrogens is 1. The van der Waals surface area contributed by atoms with E-state index in [1.807, 2.05) is 12.1 Å². The number of thiazole rings is 1. The average Bonchev–Trinajstić information content (AvgIpc) is 3.12. The molecular weight excluding hydrogens is 370 g/mol. The zero-order valence-corrected chi connectivity index (χ0v) is 16.7. The number of benzene rings is 2. The minimum Gasteiger partial charge on any atom is -0.321 e. The molecule has 1 amide bonds. The number of carbonyl (C=O) groups excluding carboxylic acids is 2. The van der Waals surface area contributed by atoms with E-state index in [9.17, 15) is 9.59 Å². The van der Waals surface area contributed by atoms with E-state index < -0.39 is 0 Å². The molecule has 2 heterocycles. The molecule has 1 aliphatic rings. The van der Waals surface area contributed by atoms with Gasteiger partial charge in [0.2, 0.25) is 0 Å². The fourth-order valence-corrected chi connectivity index (χ4v) is 4.99. The van der Waals surface area contributed by atoms with Crippen LogP contribution in [0, 0.1) is 0 Å². The highest BCUT2D eigenvalue weighted by molar-refractivity contribution is 7.18. The molecule has 1 fully saturated rings. The number of para-hydroxylation sites is 1. The van der Waals surface area contributed by atoms with Crippen LogP contribution in [0.4, 0.5) is 5.69 Å². The molecule has 0 saturated carbocycles. The van der Waals surface area contributed by atoms with Crippen molar-refractivity contribution >= 4 is 38.9 Å². The quantitative estimate of drug-likeness (QED) is 0.653. The number of fused-ring (bicyclic) bond motifs is 1. The molecule has 2 atom stereocenters. The predicted molar refractivity (Wildman–Crippen MR) is 112 cm³/mol. The number of hydrogen-bond acceptors (Lipinski definition) is 4. The second-order valence-electron chi connectivity index (χ2n) is 7.33. The highest BCUT2D eigenvalue weighted by Crippen LogP contribution is 2.28. The number of piperidine rings is 1. The van der Waals surface area contributed by atoms with Crippen molar-refractivity contribution in [1.29, 1.82) is 0 Å². The Morgan fingerprint density at radius 3 is 2.68 bits per heavy atom. The summed E-state index contributed by atoms with van der Waals surface area (Å²) in [6, 6.07) is 15.5. The Morgan fingerprint density at radius 2 is 1.93 bits per heavy atom. The molecule has 0 bridgehead atoms. The molecular formula is C22H24N3O2S+. The third-order valence-corrected chi connectivity index (χ3v) is 6.45. The van der Waals surface area contributed by atoms with Crippen LogP contribution >= 0.6 is 11.3 Å². The van der Waals surface area contributed by atoms with Crippen LogP contribution in [0.3, 0.4) is 0 Å². The van der Waals surface area contributed by atoms with Crippen LogP contribution in [0.5, 0.6) is 0 Å². The Bertz CT molecular complexity index is 963. The summed E-state index contributed by atoms with van der Waals surface area (Å²) in [4.78, 5) is 30.1. The third-order valence-electron chi connectivity index (χ3n) is 5.30. The third kappa shape index (κ3) is 4.13. The van der Waals surface area contributed by atoms with Crippen molar-refractivity contribution in [1.82, 2.24) is 4.98 Å². The zero-order chi connectivity index (χ0) is 19.5. The summed E-state index contributed by atoms with van der Waals surface area (Å²) in [5.74, 6) is 0.0212. The second-order valence-corrected chi connectivity index (χ2v) is 8.40. The summed E-state index contributed by atoms with van der Waals surface area (Å²) in [6.07, 6.45) is 3.38. The number of nitrogens with zero attached hydrogens (tertiary/aromatic N) is 1. The van der Waals surface area contributed by atoms with Gasteiger partial charge in [-0.2, -0.15) is 0 Å². The molecule has 1 aliphatic heterocycles. The van der Waals surface area contributed by atoms with Crippen LogP contribution in [0.15, 0.2) is 48.5 Å². The first-order valence-electron chi connectivity index (χ1n) is 9.71. The van der Waals surface area contributed by atoms with Crippen molar-refractivity contribution in [2.75, 3.05) is 18.4 Å². The monoisotopic (exact) mass is 394 g/mol. The molecule has 144 valence electrons. The summed E-state index contributed by atoms with van der Waals surface area (Å²) in [5, 5.41) is 4.10. The first kappa shape index (κ1) is 18.8. The van der Waals surface area contributed by atoms with E-state index in [1.165, 1.54) is 22.9 Å². The maximum Gasteiger partial charge on any atom is 0.279 e. The maximum atomic E-state index is 12.6. The molecule has 1 saturated heterocycles. The Hall–Kier alpha value is -2.57. The van der Waals surface area contributed by atoms with Crippen LogP contribution in [0.25, 0.3) is 10.2 Å². The van der Waals surface area contributed by atoms with Crippen LogP contribution < -0.4 is 10.2 Å². The summed E-state index contributed by atoms with van der Waals surface area (Å²) in [5.41, 5.74) is 2.42. The molecule has 5 nitrogen and oxygen atoms in total. The lowest BCUT2D eigenvalue weighted by Gasteiger charge is -2.30. The highest BCUT2D eigenvalue weighted by Gasteiger charge is 2.31. The zero-order valence-electron chi connectivity index (χ0n) is 15.9. The minimum atomic E-state index is -0.00131. The van der Waals surface area contributed by atoms with Gasteiger partial charge in [0.25, 0.3) is 5.91 Å². The van der Waals surface area contributed by atoms with Crippen molar-refractivity contribution in [2.24, 2.45) is 0 Å². The largest absolute Gasteiger partial charge is 0.321 e. The normalized spacial score (nSPS) is 19.5. The highest BCUT2D eigenvalue weighted by atomic mass is 32.1. The summed E-state index contributed by atoms with van der Waals surface area (Å²) in [6.45, 7) is 2.95. The van der Waals surface area contributed by atoms with E-state index in [1.54, 1.807) is 35.6 Å². The average molecular weight is 395 g/mol. The van der Waals surface area contributed by atoms with E-state index in [0.717, 1.165) is 35.6 Å². The summed E-state index contributed by atoms with van der Waals surface area (Å²) >= 11 is 1.75. The molecule has 1 unspecified atom stereocenters. The number of amides is 1. The van der Waals surface area contributed by atoms with E-state index >= 15 is 0 Å². The Kier molecular flexibility index (Phi) is 5.50. The molecule has 2 aromatic carbocycles. The van der Waals surface area contributed by atoms with Crippen molar-refractivity contribution in [3.63, 3.8) is 0 Å². The molecule has 2 N–H and O–H groups in total.